The van der Waals surface area contributed by atoms with Crippen LogP contribution in [0.5, 0.6) is 0 Å². The molecule has 4 aromatic rings. The summed E-state index contributed by atoms with van der Waals surface area (Å²) in [6.07, 6.45) is -2.58. The van der Waals surface area contributed by atoms with Gasteiger partial charge in [0.1, 0.15) is 17.6 Å². The maximum Gasteiger partial charge on any atom is 0.408 e. The van der Waals surface area contributed by atoms with Crippen molar-refractivity contribution in [3.8, 4) is 23.0 Å². The molecular weight excluding hydrogens is 447 g/mol. The Labute approximate surface area is 194 Å². The standard InChI is InChI=1S/C26H19ClF3N3/c1-16-13-25(32-17(2)26(28,29)30)33-24-12-4-18(14-23(16)24)3-10-22-11-7-20(15-31-22)19-5-8-21(27)9-6-19/h4-9,11-15,17H,1-2H3,(H,32,33). The van der Waals surface area contributed by atoms with Crippen LogP contribution in [0.2, 0.25) is 5.02 Å². The van der Waals surface area contributed by atoms with Gasteiger partial charge < -0.3 is 5.32 Å². The van der Waals surface area contributed by atoms with E-state index < -0.39 is 12.2 Å². The molecule has 0 saturated carbocycles. The van der Waals surface area contributed by atoms with Crippen molar-refractivity contribution in [3.05, 3.63) is 88.7 Å². The van der Waals surface area contributed by atoms with Gasteiger partial charge in [-0.15, -0.1) is 0 Å². The van der Waals surface area contributed by atoms with Crippen molar-refractivity contribution in [1.82, 2.24) is 9.97 Å². The zero-order valence-electron chi connectivity index (χ0n) is 17.8. The largest absolute Gasteiger partial charge is 0.408 e. The first-order chi connectivity index (χ1) is 15.7. The molecule has 0 amide bonds. The van der Waals surface area contributed by atoms with Crippen LogP contribution in [0.4, 0.5) is 19.0 Å². The first-order valence-corrected chi connectivity index (χ1v) is 10.6. The molecular formula is C26H19ClF3N3. The van der Waals surface area contributed by atoms with E-state index in [2.05, 4.69) is 27.1 Å². The quantitative estimate of drug-likeness (QED) is 0.330. The van der Waals surface area contributed by atoms with Gasteiger partial charge in [0, 0.05) is 27.7 Å². The molecule has 1 unspecified atom stereocenters. The molecule has 0 fully saturated rings. The van der Waals surface area contributed by atoms with Gasteiger partial charge in [-0.05, 0) is 73.4 Å². The second-order valence-corrected chi connectivity index (χ2v) is 8.09. The summed E-state index contributed by atoms with van der Waals surface area (Å²) in [5.41, 5.74) is 4.79. The monoisotopic (exact) mass is 465 g/mol. The van der Waals surface area contributed by atoms with Crippen molar-refractivity contribution in [2.45, 2.75) is 26.1 Å². The Morgan fingerprint density at radius 1 is 0.939 bits per heavy atom. The first-order valence-electron chi connectivity index (χ1n) is 10.2. The second kappa shape index (κ2) is 9.13. The molecule has 0 aliphatic rings. The fourth-order valence-electron chi connectivity index (χ4n) is 3.27. The average Bonchev–Trinajstić information content (AvgIpc) is 2.78. The lowest BCUT2D eigenvalue weighted by atomic mass is 10.1. The number of nitrogens with one attached hydrogen (secondary N) is 1. The Balaban J connectivity index is 1.54. The van der Waals surface area contributed by atoms with Crippen LogP contribution >= 0.6 is 11.6 Å². The lowest BCUT2D eigenvalue weighted by Crippen LogP contribution is -2.33. The van der Waals surface area contributed by atoms with Crippen LogP contribution in [-0.2, 0) is 0 Å². The number of aromatic nitrogens is 2. The summed E-state index contributed by atoms with van der Waals surface area (Å²) in [6, 6.07) is 16.7. The smallest absolute Gasteiger partial charge is 0.359 e. The van der Waals surface area contributed by atoms with Crippen LogP contribution in [0, 0.1) is 18.8 Å². The molecule has 0 aliphatic carbocycles. The number of fused-ring (bicyclic) bond motifs is 1. The lowest BCUT2D eigenvalue weighted by Gasteiger charge is -2.18. The Kier molecular flexibility index (Phi) is 6.26. The number of anilines is 1. The number of hydrogen-bond donors (Lipinski definition) is 1. The molecule has 7 heteroatoms. The molecule has 2 aromatic heterocycles. The van der Waals surface area contributed by atoms with Crippen molar-refractivity contribution >= 4 is 28.3 Å². The van der Waals surface area contributed by atoms with Gasteiger partial charge in [0.25, 0.3) is 0 Å². The molecule has 3 nitrogen and oxygen atoms in total. The molecule has 0 bridgehead atoms. The zero-order valence-corrected chi connectivity index (χ0v) is 18.6. The molecule has 1 atom stereocenters. The Morgan fingerprint density at radius 3 is 2.33 bits per heavy atom. The fourth-order valence-corrected chi connectivity index (χ4v) is 3.39. The van der Waals surface area contributed by atoms with Crippen LogP contribution in [0.15, 0.2) is 66.9 Å². The normalized spacial score (nSPS) is 12.2. The van der Waals surface area contributed by atoms with E-state index >= 15 is 0 Å². The van der Waals surface area contributed by atoms with Gasteiger partial charge in [-0.1, -0.05) is 35.7 Å². The molecule has 2 heterocycles. The summed E-state index contributed by atoms with van der Waals surface area (Å²) in [6.45, 7) is 2.90. The first kappa shape index (κ1) is 22.6. The van der Waals surface area contributed by atoms with Crippen LogP contribution in [-0.4, -0.2) is 22.2 Å². The predicted molar refractivity (Wildman–Crippen MR) is 126 cm³/mol. The summed E-state index contributed by atoms with van der Waals surface area (Å²) >= 11 is 5.93. The molecule has 2 aromatic carbocycles. The number of hydrogen-bond acceptors (Lipinski definition) is 3. The minimum atomic E-state index is -4.34. The number of benzene rings is 2. The summed E-state index contributed by atoms with van der Waals surface area (Å²) in [4.78, 5) is 8.73. The third-order valence-corrected chi connectivity index (χ3v) is 5.40. The summed E-state index contributed by atoms with van der Waals surface area (Å²) < 4.78 is 38.5. The minimum absolute atomic E-state index is 0.189. The molecule has 33 heavy (non-hydrogen) atoms. The number of alkyl halides is 3. The highest BCUT2D eigenvalue weighted by molar-refractivity contribution is 6.30. The number of aryl methyl sites for hydroxylation is 1. The molecule has 0 saturated heterocycles. The van der Waals surface area contributed by atoms with E-state index in [1.807, 2.05) is 49.4 Å². The summed E-state index contributed by atoms with van der Waals surface area (Å²) in [5, 5.41) is 3.93. The highest BCUT2D eigenvalue weighted by Crippen LogP contribution is 2.26. The number of nitrogens with zero attached hydrogens (tertiary/aromatic N) is 2. The number of halogens is 4. The van der Waals surface area contributed by atoms with Crippen LogP contribution in [0.3, 0.4) is 0 Å². The average molecular weight is 466 g/mol. The zero-order chi connectivity index (χ0) is 23.6. The minimum Gasteiger partial charge on any atom is -0.359 e. The highest BCUT2D eigenvalue weighted by atomic mass is 35.5. The van der Waals surface area contributed by atoms with Gasteiger partial charge in [-0.3, -0.25) is 0 Å². The summed E-state index contributed by atoms with van der Waals surface area (Å²) in [5.74, 6) is 6.33. The molecule has 166 valence electrons. The number of rotatable bonds is 3. The molecule has 0 spiro atoms. The molecule has 0 aliphatic heterocycles. The Morgan fingerprint density at radius 2 is 1.67 bits per heavy atom. The van der Waals surface area contributed by atoms with Crippen LogP contribution < -0.4 is 5.32 Å². The van der Waals surface area contributed by atoms with Gasteiger partial charge in [0.2, 0.25) is 0 Å². The van der Waals surface area contributed by atoms with Crippen LogP contribution in [0.25, 0.3) is 22.0 Å². The number of pyridine rings is 2. The van der Waals surface area contributed by atoms with E-state index in [0.717, 1.165) is 34.6 Å². The summed E-state index contributed by atoms with van der Waals surface area (Å²) in [7, 11) is 0. The van der Waals surface area contributed by atoms with E-state index in [1.165, 1.54) is 0 Å². The van der Waals surface area contributed by atoms with Crippen molar-refractivity contribution in [1.29, 1.82) is 0 Å². The van der Waals surface area contributed by atoms with E-state index in [0.29, 0.717) is 16.2 Å². The third-order valence-electron chi connectivity index (χ3n) is 5.15. The van der Waals surface area contributed by atoms with Crippen LogP contribution in [0.1, 0.15) is 23.7 Å². The van der Waals surface area contributed by atoms with Crippen molar-refractivity contribution in [3.63, 3.8) is 0 Å². The third kappa shape index (κ3) is 5.44. The van der Waals surface area contributed by atoms with Gasteiger partial charge in [0.05, 0.1) is 5.52 Å². The maximum absolute atomic E-state index is 12.8. The van der Waals surface area contributed by atoms with Gasteiger partial charge in [-0.25, -0.2) is 9.97 Å². The second-order valence-electron chi connectivity index (χ2n) is 7.65. The highest BCUT2D eigenvalue weighted by Gasteiger charge is 2.36. The lowest BCUT2D eigenvalue weighted by molar-refractivity contribution is -0.138. The topological polar surface area (TPSA) is 37.8 Å². The predicted octanol–water partition coefficient (Wildman–Crippen LogP) is 7.02. The Hall–Kier alpha value is -3.56. The fraction of sp³-hybridized carbons (Fsp3) is 0.154. The Bertz CT molecular complexity index is 1350. The van der Waals surface area contributed by atoms with Gasteiger partial charge in [0.15, 0.2) is 0 Å². The molecule has 1 N–H and O–H groups in total. The molecule has 4 rings (SSSR count). The van der Waals surface area contributed by atoms with E-state index in [9.17, 15) is 13.2 Å². The van der Waals surface area contributed by atoms with Gasteiger partial charge in [-0.2, -0.15) is 13.2 Å². The van der Waals surface area contributed by atoms with E-state index in [-0.39, 0.29) is 5.82 Å². The van der Waals surface area contributed by atoms with Gasteiger partial charge >= 0.3 is 6.18 Å². The van der Waals surface area contributed by atoms with Crippen molar-refractivity contribution < 1.29 is 13.2 Å². The van der Waals surface area contributed by atoms with E-state index in [1.54, 1.807) is 24.4 Å². The SMILES string of the molecule is Cc1cc(NC(C)C(F)(F)F)nc2ccc(C#Cc3ccc(-c4ccc(Cl)cc4)cn3)cc12. The van der Waals surface area contributed by atoms with Crippen molar-refractivity contribution in [2.24, 2.45) is 0 Å². The van der Waals surface area contributed by atoms with E-state index in [4.69, 9.17) is 11.6 Å². The van der Waals surface area contributed by atoms with Crippen molar-refractivity contribution in [2.75, 3.05) is 5.32 Å². The molecule has 0 radical (unpaired) electrons. The maximum atomic E-state index is 12.8.